The number of carbonyl (C=O) groups excluding carboxylic acids is 1. The topological polar surface area (TPSA) is 41.1 Å². The number of alkyl halides is 3. The van der Waals surface area contributed by atoms with E-state index in [1.807, 2.05) is 0 Å². The molecule has 1 rings (SSSR count). The minimum Gasteiger partial charge on any atom is -0.333 e. The predicted octanol–water partition coefficient (Wildman–Crippen LogP) is 2.99. The van der Waals surface area contributed by atoms with Crippen LogP contribution in [0.2, 0.25) is 5.02 Å². The van der Waals surface area contributed by atoms with E-state index in [0.717, 1.165) is 0 Å². The molecule has 0 saturated carbocycles. The number of hydrogen-bond acceptors (Lipinski definition) is 2. The summed E-state index contributed by atoms with van der Waals surface area (Å²) in [6.45, 7) is 0. The highest BCUT2D eigenvalue weighted by atomic mass is 35.6. The summed E-state index contributed by atoms with van der Waals surface area (Å²) in [6, 6.07) is 6.39. The van der Waals surface area contributed by atoms with E-state index in [9.17, 15) is 4.79 Å². The minimum absolute atomic E-state index is 0.354. The van der Waals surface area contributed by atoms with E-state index in [1.165, 1.54) is 0 Å². The summed E-state index contributed by atoms with van der Waals surface area (Å²) in [4.78, 5) is 11.8. The predicted molar refractivity (Wildman–Crippen MR) is 72.1 cm³/mol. The molecule has 0 fully saturated rings. The number of halogens is 4. The summed E-state index contributed by atoms with van der Waals surface area (Å²) in [5.41, 5.74) is 0.434. The van der Waals surface area contributed by atoms with Crippen molar-refractivity contribution in [2.45, 2.75) is 9.96 Å². The lowest BCUT2D eigenvalue weighted by atomic mass is 10.2. The molecule has 1 aromatic carbocycles. The zero-order valence-corrected chi connectivity index (χ0v) is 11.8. The Bertz CT molecular complexity index is 388. The fraction of sp³-hybridized carbons (Fsp3) is 0.300. The Hall–Kier alpha value is -0.190. The Morgan fingerprint density at radius 1 is 1.24 bits per heavy atom. The van der Waals surface area contributed by atoms with Crippen LogP contribution >= 0.6 is 46.4 Å². The van der Waals surface area contributed by atoms with Crippen LogP contribution in [0.3, 0.4) is 0 Å². The van der Waals surface area contributed by atoms with Crippen molar-refractivity contribution in [2.75, 3.05) is 7.05 Å². The second kappa shape index (κ2) is 6.12. The molecule has 0 aliphatic rings. The minimum atomic E-state index is -1.63. The Labute approximate surface area is 119 Å². The van der Waals surface area contributed by atoms with Gasteiger partial charge in [-0.15, -0.1) is 0 Å². The molecule has 17 heavy (non-hydrogen) atoms. The molecule has 94 valence electrons. The van der Waals surface area contributed by atoms with Crippen molar-refractivity contribution >= 4 is 52.3 Å². The van der Waals surface area contributed by atoms with Crippen molar-refractivity contribution in [1.82, 2.24) is 10.6 Å². The largest absolute Gasteiger partial charge is 0.333 e. The van der Waals surface area contributed by atoms with E-state index in [-0.39, 0.29) is 5.91 Å². The van der Waals surface area contributed by atoms with Gasteiger partial charge >= 0.3 is 0 Å². The van der Waals surface area contributed by atoms with Crippen LogP contribution < -0.4 is 10.6 Å². The molecule has 0 aromatic heterocycles. The molecule has 0 spiro atoms. The van der Waals surface area contributed by atoms with E-state index in [0.29, 0.717) is 10.6 Å². The number of benzene rings is 1. The van der Waals surface area contributed by atoms with Gasteiger partial charge in [-0.05, 0) is 31.3 Å². The van der Waals surface area contributed by atoms with Gasteiger partial charge in [0, 0.05) is 10.6 Å². The van der Waals surface area contributed by atoms with Gasteiger partial charge in [0.05, 0.1) is 0 Å². The van der Waals surface area contributed by atoms with Crippen molar-refractivity contribution < 1.29 is 4.79 Å². The molecule has 2 N–H and O–H groups in total. The Morgan fingerprint density at radius 2 is 1.76 bits per heavy atom. The first-order chi connectivity index (χ1) is 7.84. The molecule has 3 nitrogen and oxygen atoms in total. The molecule has 1 aromatic rings. The van der Waals surface area contributed by atoms with E-state index in [4.69, 9.17) is 46.4 Å². The van der Waals surface area contributed by atoms with Crippen molar-refractivity contribution in [3.05, 3.63) is 34.9 Å². The summed E-state index contributed by atoms with van der Waals surface area (Å²) in [7, 11) is 1.58. The second-order valence-electron chi connectivity index (χ2n) is 3.24. The van der Waals surface area contributed by atoms with Gasteiger partial charge < -0.3 is 5.32 Å². The first-order valence-electron chi connectivity index (χ1n) is 4.65. The SMILES string of the molecule is CN[C@@H](NC(=O)c1ccc(Cl)cc1)C(Cl)(Cl)Cl. The van der Waals surface area contributed by atoms with E-state index in [2.05, 4.69) is 10.6 Å². The highest BCUT2D eigenvalue weighted by Crippen LogP contribution is 2.29. The average Bonchev–Trinajstić information content (AvgIpc) is 2.24. The highest BCUT2D eigenvalue weighted by molar-refractivity contribution is 6.68. The zero-order valence-electron chi connectivity index (χ0n) is 8.81. The second-order valence-corrected chi connectivity index (χ2v) is 6.05. The summed E-state index contributed by atoms with van der Waals surface area (Å²) in [6.07, 6.45) is -0.782. The van der Waals surface area contributed by atoms with Crippen LogP contribution in [0.5, 0.6) is 0 Å². The van der Waals surface area contributed by atoms with Gasteiger partial charge in [-0.1, -0.05) is 46.4 Å². The lowest BCUT2D eigenvalue weighted by Crippen LogP contribution is -2.51. The maximum atomic E-state index is 11.8. The molecular weight excluding hydrogens is 306 g/mol. The first-order valence-corrected chi connectivity index (χ1v) is 6.16. The quantitative estimate of drug-likeness (QED) is 0.665. The van der Waals surface area contributed by atoms with Crippen LogP contribution in [0.15, 0.2) is 24.3 Å². The third-order valence-electron chi connectivity index (χ3n) is 2.00. The van der Waals surface area contributed by atoms with E-state index >= 15 is 0 Å². The van der Waals surface area contributed by atoms with E-state index < -0.39 is 9.96 Å². The van der Waals surface area contributed by atoms with Gasteiger partial charge in [0.2, 0.25) is 3.79 Å². The van der Waals surface area contributed by atoms with Crippen LogP contribution in [0.25, 0.3) is 0 Å². The van der Waals surface area contributed by atoms with Crippen molar-refractivity contribution in [1.29, 1.82) is 0 Å². The molecule has 1 amide bonds. The van der Waals surface area contributed by atoms with Gasteiger partial charge in [0.1, 0.15) is 6.17 Å². The normalized spacial score (nSPS) is 13.2. The summed E-state index contributed by atoms with van der Waals surface area (Å²) < 4.78 is -1.63. The molecule has 0 radical (unpaired) electrons. The zero-order chi connectivity index (χ0) is 13.1. The van der Waals surface area contributed by atoms with Gasteiger partial charge in [-0.2, -0.15) is 0 Å². The molecular formula is C10H10Cl4N2O. The molecule has 0 heterocycles. The lowest BCUT2D eigenvalue weighted by molar-refractivity contribution is 0.0931. The van der Waals surface area contributed by atoms with Crippen LogP contribution in [-0.4, -0.2) is 22.9 Å². The average molecular weight is 316 g/mol. The van der Waals surface area contributed by atoms with Gasteiger partial charge in [-0.25, -0.2) is 0 Å². The lowest BCUT2D eigenvalue weighted by Gasteiger charge is -2.24. The maximum Gasteiger partial charge on any atom is 0.252 e. The van der Waals surface area contributed by atoms with Crippen LogP contribution in [-0.2, 0) is 0 Å². The molecule has 1 atom stereocenters. The number of hydrogen-bond donors (Lipinski definition) is 2. The highest BCUT2D eigenvalue weighted by Gasteiger charge is 2.32. The number of nitrogens with one attached hydrogen (secondary N) is 2. The molecule has 0 aliphatic heterocycles. The monoisotopic (exact) mass is 314 g/mol. The Morgan fingerprint density at radius 3 is 2.18 bits per heavy atom. The number of rotatable bonds is 3. The molecule has 0 bridgehead atoms. The molecule has 0 saturated heterocycles. The van der Waals surface area contributed by atoms with Crippen molar-refractivity contribution in [3.8, 4) is 0 Å². The van der Waals surface area contributed by atoms with Gasteiger partial charge in [-0.3, -0.25) is 10.1 Å². The molecule has 0 aliphatic carbocycles. The molecule has 0 unspecified atom stereocenters. The van der Waals surface area contributed by atoms with Crippen molar-refractivity contribution in [2.24, 2.45) is 0 Å². The van der Waals surface area contributed by atoms with Crippen LogP contribution in [0, 0.1) is 0 Å². The number of amides is 1. The van der Waals surface area contributed by atoms with Gasteiger partial charge in [0.25, 0.3) is 5.91 Å². The number of carbonyl (C=O) groups is 1. The summed E-state index contributed by atoms with van der Waals surface area (Å²) in [5.74, 6) is -0.354. The smallest absolute Gasteiger partial charge is 0.252 e. The fourth-order valence-corrected chi connectivity index (χ4v) is 1.75. The van der Waals surface area contributed by atoms with E-state index in [1.54, 1.807) is 31.3 Å². The summed E-state index contributed by atoms with van der Waals surface area (Å²) >= 11 is 22.8. The third kappa shape index (κ3) is 4.53. The Kier molecular flexibility index (Phi) is 5.35. The fourth-order valence-electron chi connectivity index (χ4n) is 1.13. The van der Waals surface area contributed by atoms with Crippen LogP contribution in [0.4, 0.5) is 0 Å². The van der Waals surface area contributed by atoms with Crippen molar-refractivity contribution in [3.63, 3.8) is 0 Å². The molecule has 7 heteroatoms. The maximum absolute atomic E-state index is 11.8. The van der Waals surface area contributed by atoms with Crippen LogP contribution in [0.1, 0.15) is 10.4 Å². The summed E-state index contributed by atoms with van der Waals surface area (Å²) in [5, 5.41) is 5.80. The van der Waals surface area contributed by atoms with Gasteiger partial charge in [0.15, 0.2) is 0 Å². The third-order valence-corrected chi connectivity index (χ3v) is 2.90. The Balaban J connectivity index is 2.75. The first kappa shape index (κ1) is 14.9. The standard InChI is InChI=1S/C10H10Cl4N2O/c1-15-9(10(12,13)14)16-8(17)6-2-4-7(11)5-3-6/h2-5,9,15H,1H3,(H,16,17)/t9-/m0/s1.